The molecule has 2 aromatic heterocycles. The van der Waals surface area contributed by atoms with Gasteiger partial charge in [0.1, 0.15) is 6.61 Å². The van der Waals surface area contributed by atoms with Crippen molar-refractivity contribution in [2.24, 2.45) is 0 Å². The molecule has 2 rings (SSSR count). The molecular weight excluding hydrogens is 236 g/mol. The minimum absolute atomic E-state index is 0.289. The van der Waals surface area contributed by atoms with Crippen molar-refractivity contribution in [3.8, 4) is 11.6 Å². The van der Waals surface area contributed by atoms with Crippen LogP contribution < -0.4 is 5.32 Å². The van der Waals surface area contributed by atoms with Crippen molar-refractivity contribution in [3.05, 3.63) is 17.7 Å². The van der Waals surface area contributed by atoms with Crippen LogP contribution in [0, 0.1) is 0 Å². The molecule has 0 fully saturated rings. The van der Waals surface area contributed by atoms with Gasteiger partial charge in [-0.25, -0.2) is 0 Å². The SMILES string of the molecule is CNC(C)Cc1noc(-c2cc(COC)on2)n1. The van der Waals surface area contributed by atoms with E-state index < -0.39 is 0 Å². The molecule has 7 heteroatoms. The van der Waals surface area contributed by atoms with Crippen LogP contribution in [0.5, 0.6) is 0 Å². The Kier molecular flexibility index (Phi) is 4.06. The standard InChI is InChI=1S/C11H16N4O3/c1-7(12-2)4-10-13-11(18-15-10)9-5-8(6-16-3)17-14-9/h5,7,12H,4,6H2,1-3H3. The summed E-state index contributed by atoms with van der Waals surface area (Å²) in [6.07, 6.45) is 0.697. The molecule has 98 valence electrons. The van der Waals surface area contributed by atoms with E-state index in [0.717, 1.165) is 0 Å². The van der Waals surface area contributed by atoms with Gasteiger partial charge in [0.15, 0.2) is 17.3 Å². The van der Waals surface area contributed by atoms with Gasteiger partial charge < -0.3 is 19.1 Å². The molecule has 1 atom stereocenters. The number of rotatable bonds is 6. The molecule has 0 aromatic carbocycles. The molecule has 0 saturated carbocycles. The molecule has 0 amide bonds. The Morgan fingerprint density at radius 2 is 2.22 bits per heavy atom. The zero-order chi connectivity index (χ0) is 13.0. The van der Waals surface area contributed by atoms with Gasteiger partial charge in [0.25, 0.3) is 5.89 Å². The third-order valence-corrected chi connectivity index (χ3v) is 2.51. The number of nitrogens with zero attached hydrogens (tertiary/aromatic N) is 3. The summed E-state index contributed by atoms with van der Waals surface area (Å²) in [6, 6.07) is 2.01. The highest BCUT2D eigenvalue weighted by molar-refractivity contribution is 5.45. The van der Waals surface area contributed by atoms with E-state index in [9.17, 15) is 0 Å². The lowest BCUT2D eigenvalue weighted by Crippen LogP contribution is -2.24. The van der Waals surface area contributed by atoms with Crippen LogP contribution in [-0.2, 0) is 17.8 Å². The average Bonchev–Trinajstić information content (AvgIpc) is 2.98. The van der Waals surface area contributed by atoms with Crippen LogP contribution in [0.2, 0.25) is 0 Å². The number of nitrogens with one attached hydrogen (secondary N) is 1. The maximum Gasteiger partial charge on any atom is 0.280 e. The van der Waals surface area contributed by atoms with Crippen LogP contribution in [0.3, 0.4) is 0 Å². The van der Waals surface area contributed by atoms with Gasteiger partial charge in [-0.15, -0.1) is 0 Å². The molecule has 1 N–H and O–H groups in total. The van der Waals surface area contributed by atoms with Gasteiger partial charge in [0.2, 0.25) is 0 Å². The zero-order valence-electron chi connectivity index (χ0n) is 10.6. The fourth-order valence-corrected chi connectivity index (χ4v) is 1.44. The molecule has 0 radical (unpaired) electrons. The van der Waals surface area contributed by atoms with Crippen molar-refractivity contribution in [1.82, 2.24) is 20.6 Å². The van der Waals surface area contributed by atoms with Gasteiger partial charge >= 0.3 is 0 Å². The number of ether oxygens (including phenoxy) is 1. The lowest BCUT2D eigenvalue weighted by Gasteiger charge is -2.04. The predicted octanol–water partition coefficient (Wildman–Crippen LogP) is 1.02. The van der Waals surface area contributed by atoms with E-state index in [4.69, 9.17) is 13.8 Å². The summed E-state index contributed by atoms with van der Waals surface area (Å²) in [4.78, 5) is 4.26. The number of hydrogen-bond donors (Lipinski definition) is 1. The Morgan fingerprint density at radius 3 is 2.94 bits per heavy atom. The molecule has 0 bridgehead atoms. The number of aromatic nitrogens is 3. The molecule has 0 saturated heterocycles. The quantitative estimate of drug-likeness (QED) is 0.821. The van der Waals surface area contributed by atoms with Crippen LogP contribution >= 0.6 is 0 Å². The largest absolute Gasteiger partial charge is 0.377 e. The first-order chi connectivity index (χ1) is 8.72. The van der Waals surface area contributed by atoms with Crippen LogP contribution in [0.4, 0.5) is 0 Å². The fourth-order valence-electron chi connectivity index (χ4n) is 1.44. The fraction of sp³-hybridized carbons (Fsp3) is 0.545. The maximum absolute atomic E-state index is 5.14. The molecule has 7 nitrogen and oxygen atoms in total. The van der Waals surface area contributed by atoms with Gasteiger partial charge in [-0.1, -0.05) is 10.3 Å². The molecule has 0 aliphatic heterocycles. The lowest BCUT2D eigenvalue weighted by atomic mass is 10.2. The van der Waals surface area contributed by atoms with Gasteiger partial charge in [0.05, 0.1) is 0 Å². The smallest absolute Gasteiger partial charge is 0.280 e. The van der Waals surface area contributed by atoms with Crippen molar-refractivity contribution in [2.45, 2.75) is 26.0 Å². The molecule has 18 heavy (non-hydrogen) atoms. The zero-order valence-corrected chi connectivity index (χ0v) is 10.6. The van der Waals surface area contributed by atoms with Crippen LogP contribution in [0.15, 0.2) is 15.1 Å². The summed E-state index contributed by atoms with van der Waals surface area (Å²) >= 11 is 0. The van der Waals surface area contributed by atoms with Gasteiger partial charge in [-0.2, -0.15) is 4.98 Å². The second kappa shape index (κ2) is 5.74. The Bertz CT molecular complexity index is 494. The summed E-state index contributed by atoms with van der Waals surface area (Å²) in [5.41, 5.74) is 0.526. The predicted molar refractivity (Wildman–Crippen MR) is 62.7 cm³/mol. The molecule has 0 aliphatic rings. The summed E-state index contributed by atoms with van der Waals surface area (Å²) in [6.45, 7) is 2.41. The van der Waals surface area contributed by atoms with E-state index in [1.165, 1.54) is 0 Å². The first-order valence-corrected chi connectivity index (χ1v) is 5.67. The highest BCUT2D eigenvalue weighted by Gasteiger charge is 2.15. The summed E-state index contributed by atoms with van der Waals surface area (Å²) in [5, 5.41) is 10.9. The minimum Gasteiger partial charge on any atom is -0.377 e. The summed E-state index contributed by atoms with van der Waals surface area (Å²) in [7, 11) is 3.48. The van der Waals surface area contributed by atoms with Gasteiger partial charge in [-0.05, 0) is 14.0 Å². The minimum atomic E-state index is 0.289. The highest BCUT2D eigenvalue weighted by atomic mass is 16.5. The van der Waals surface area contributed by atoms with Crippen LogP contribution in [0.1, 0.15) is 18.5 Å². The van der Waals surface area contributed by atoms with Crippen LogP contribution in [0.25, 0.3) is 11.6 Å². The maximum atomic E-state index is 5.14. The van der Waals surface area contributed by atoms with E-state index in [0.29, 0.717) is 36.2 Å². The van der Waals surface area contributed by atoms with E-state index in [1.807, 2.05) is 14.0 Å². The van der Waals surface area contributed by atoms with Crippen molar-refractivity contribution < 1.29 is 13.8 Å². The van der Waals surface area contributed by atoms with Crippen LogP contribution in [-0.4, -0.2) is 35.5 Å². The van der Waals surface area contributed by atoms with E-state index in [2.05, 4.69) is 20.6 Å². The Labute approximate surface area is 104 Å². The van der Waals surface area contributed by atoms with Crippen molar-refractivity contribution in [2.75, 3.05) is 14.2 Å². The molecular formula is C11H16N4O3. The van der Waals surface area contributed by atoms with Crippen molar-refractivity contribution in [3.63, 3.8) is 0 Å². The number of likely N-dealkylation sites (N-methyl/N-ethyl adjacent to an activating group) is 1. The monoisotopic (exact) mass is 252 g/mol. The number of methoxy groups -OCH3 is 1. The van der Waals surface area contributed by atoms with E-state index in [-0.39, 0.29) is 6.04 Å². The molecule has 0 aliphatic carbocycles. The third-order valence-electron chi connectivity index (χ3n) is 2.51. The molecule has 2 heterocycles. The van der Waals surface area contributed by atoms with E-state index >= 15 is 0 Å². The lowest BCUT2D eigenvalue weighted by molar-refractivity contribution is 0.156. The van der Waals surface area contributed by atoms with Gasteiger partial charge in [0, 0.05) is 25.6 Å². The van der Waals surface area contributed by atoms with Crippen molar-refractivity contribution >= 4 is 0 Å². The summed E-state index contributed by atoms with van der Waals surface area (Å²) in [5.74, 6) is 1.62. The summed E-state index contributed by atoms with van der Waals surface area (Å²) < 4.78 is 15.1. The van der Waals surface area contributed by atoms with E-state index in [1.54, 1.807) is 13.2 Å². The second-order valence-corrected chi connectivity index (χ2v) is 4.02. The first kappa shape index (κ1) is 12.7. The third kappa shape index (κ3) is 2.93. The second-order valence-electron chi connectivity index (χ2n) is 4.02. The topological polar surface area (TPSA) is 86.2 Å². The molecule has 0 spiro atoms. The van der Waals surface area contributed by atoms with Gasteiger partial charge in [-0.3, -0.25) is 0 Å². The van der Waals surface area contributed by atoms with Crippen molar-refractivity contribution in [1.29, 1.82) is 0 Å². The highest BCUT2D eigenvalue weighted by Crippen LogP contribution is 2.17. The molecule has 2 aromatic rings. The Morgan fingerprint density at radius 1 is 1.39 bits per heavy atom. The molecule has 1 unspecified atom stereocenters. The number of hydrogen-bond acceptors (Lipinski definition) is 7. The Balaban J connectivity index is 2.08. The average molecular weight is 252 g/mol. The first-order valence-electron chi connectivity index (χ1n) is 5.67. The Hall–Kier alpha value is -1.73. The normalized spacial score (nSPS) is 12.8.